The van der Waals surface area contributed by atoms with E-state index in [1.54, 1.807) is 0 Å². The van der Waals surface area contributed by atoms with Crippen LogP contribution in [-0.4, -0.2) is 25.3 Å². The third-order valence-electron chi connectivity index (χ3n) is 3.10. The summed E-state index contributed by atoms with van der Waals surface area (Å²) in [4.78, 5) is 0. The minimum absolute atomic E-state index is 0.376. The van der Waals surface area contributed by atoms with Gasteiger partial charge in [-0.25, -0.2) is 0 Å². The molecule has 1 saturated heterocycles. The fraction of sp³-hybridized carbons (Fsp3) is 1.00. The molecule has 1 heterocycles. The van der Waals surface area contributed by atoms with Gasteiger partial charge in [0.15, 0.2) is 0 Å². The van der Waals surface area contributed by atoms with Crippen molar-refractivity contribution in [1.29, 1.82) is 0 Å². The Bertz CT molecular complexity index is 147. The monoisotopic (exact) mass is 199 g/mol. The van der Waals surface area contributed by atoms with Crippen molar-refractivity contribution in [1.82, 2.24) is 5.32 Å². The summed E-state index contributed by atoms with van der Waals surface area (Å²) >= 11 is 0. The van der Waals surface area contributed by atoms with E-state index in [1.165, 1.54) is 32.2 Å². The van der Waals surface area contributed by atoms with Crippen molar-refractivity contribution in [2.45, 2.75) is 58.6 Å². The maximum Gasteiger partial charge on any atom is 0.0518 e. The van der Waals surface area contributed by atoms with Crippen molar-refractivity contribution in [2.75, 3.05) is 13.2 Å². The van der Waals surface area contributed by atoms with Crippen LogP contribution in [0.3, 0.4) is 0 Å². The SMILES string of the molecule is CCC1CCNC(CCOC(C)C)C1. The average Bonchev–Trinajstić information content (AvgIpc) is 2.18. The van der Waals surface area contributed by atoms with E-state index in [4.69, 9.17) is 4.74 Å². The lowest BCUT2D eigenvalue weighted by Gasteiger charge is -2.29. The summed E-state index contributed by atoms with van der Waals surface area (Å²) in [5.74, 6) is 0.945. The number of piperidine rings is 1. The number of ether oxygens (including phenoxy) is 1. The van der Waals surface area contributed by atoms with E-state index < -0.39 is 0 Å². The van der Waals surface area contributed by atoms with Gasteiger partial charge in [-0.2, -0.15) is 0 Å². The maximum absolute atomic E-state index is 5.57. The van der Waals surface area contributed by atoms with E-state index in [0.29, 0.717) is 12.1 Å². The third-order valence-corrected chi connectivity index (χ3v) is 3.10. The van der Waals surface area contributed by atoms with E-state index >= 15 is 0 Å². The first-order chi connectivity index (χ1) is 6.72. The number of nitrogens with one attached hydrogen (secondary N) is 1. The molecule has 84 valence electrons. The smallest absolute Gasteiger partial charge is 0.0518 e. The van der Waals surface area contributed by atoms with Crippen molar-refractivity contribution in [2.24, 2.45) is 5.92 Å². The van der Waals surface area contributed by atoms with E-state index in [1.807, 2.05) is 0 Å². The minimum atomic E-state index is 0.376. The zero-order chi connectivity index (χ0) is 10.4. The van der Waals surface area contributed by atoms with Gasteiger partial charge in [0.2, 0.25) is 0 Å². The van der Waals surface area contributed by atoms with Crippen molar-refractivity contribution in [3.05, 3.63) is 0 Å². The summed E-state index contributed by atoms with van der Waals surface area (Å²) in [7, 11) is 0. The molecular formula is C12H25NO. The lowest BCUT2D eigenvalue weighted by molar-refractivity contribution is 0.0676. The molecular weight excluding hydrogens is 174 g/mol. The number of hydrogen-bond donors (Lipinski definition) is 1. The van der Waals surface area contributed by atoms with Gasteiger partial charge in [-0.15, -0.1) is 0 Å². The highest BCUT2D eigenvalue weighted by molar-refractivity contribution is 4.77. The molecule has 0 aromatic carbocycles. The van der Waals surface area contributed by atoms with Gasteiger partial charge in [0.1, 0.15) is 0 Å². The molecule has 2 unspecified atom stereocenters. The minimum Gasteiger partial charge on any atom is -0.379 e. The van der Waals surface area contributed by atoms with Crippen molar-refractivity contribution >= 4 is 0 Å². The van der Waals surface area contributed by atoms with Crippen LogP contribution in [0.2, 0.25) is 0 Å². The topological polar surface area (TPSA) is 21.3 Å². The average molecular weight is 199 g/mol. The molecule has 1 aliphatic rings. The Kier molecular flexibility index (Phi) is 5.49. The van der Waals surface area contributed by atoms with Crippen LogP contribution in [0.5, 0.6) is 0 Å². The van der Waals surface area contributed by atoms with Crippen LogP contribution in [0.4, 0.5) is 0 Å². The van der Waals surface area contributed by atoms with Gasteiger partial charge < -0.3 is 10.1 Å². The molecule has 0 aromatic heterocycles. The maximum atomic E-state index is 5.57. The number of hydrogen-bond acceptors (Lipinski definition) is 2. The van der Waals surface area contributed by atoms with Crippen LogP contribution in [0.15, 0.2) is 0 Å². The van der Waals surface area contributed by atoms with Crippen LogP contribution in [-0.2, 0) is 4.74 Å². The van der Waals surface area contributed by atoms with E-state index in [2.05, 4.69) is 26.1 Å². The molecule has 2 nitrogen and oxygen atoms in total. The Morgan fingerprint density at radius 2 is 2.21 bits per heavy atom. The largest absolute Gasteiger partial charge is 0.379 e. The van der Waals surface area contributed by atoms with E-state index in [9.17, 15) is 0 Å². The van der Waals surface area contributed by atoms with E-state index in [0.717, 1.165) is 12.5 Å². The first-order valence-electron chi connectivity index (χ1n) is 6.07. The zero-order valence-corrected chi connectivity index (χ0v) is 9.88. The molecule has 0 amide bonds. The molecule has 0 aromatic rings. The summed E-state index contributed by atoms with van der Waals surface area (Å²) in [6, 6.07) is 0.701. The van der Waals surface area contributed by atoms with Gasteiger partial charge in [-0.05, 0) is 45.6 Å². The van der Waals surface area contributed by atoms with Gasteiger partial charge in [-0.1, -0.05) is 13.3 Å². The molecule has 0 saturated carbocycles. The first kappa shape index (κ1) is 12.0. The molecule has 1 N–H and O–H groups in total. The fourth-order valence-electron chi connectivity index (χ4n) is 2.13. The number of rotatable bonds is 5. The van der Waals surface area contributed by atoms with Crippen LogP contribution in [0.1, 0.15) is 46.5 Å². The molecule has 0 radical (unpaired) electrons. The highest BCUT2D eigenvalue weighted by Gasteiger charge is 2.19. The van der Waals surface area contributed by atoms with Gasteiger partial charge in [0, 0.05) is 12.6 Å². The van der Waals surface area contributed by atoms with Gasteiger partial charge in [0.25, 0.3) is 0 Å². The van der Waals surface area contributed by atoms with Gasteiger partial charge in [-0.3, -0.25) is 0 Å². The lowest BCUT2D eigenvalue weighted by atomic mass is 9.89. The second-order valence-electron chi connectivity index (χ2n) is 4.66. The molecule has 0 spiro atoms. The lowest BCUT2D eigenvalue weighted by Crippen LogP contribution is -2.38. The summed E-state index contributed by atoms with van der Waals surface area (Å²) in [5, 5.41) is 3.58. The van der Waals surface area contributed by atoms with Crippen LogP contribution in [0.25, 0.3) is 0 Å². The van der Waals surface area contributed by atoms with Crippen molar-refractivity contribution < 1.29 is 4.74 Å². The molecule has 1 rings (SSSR count). The normalized spacial score (nSPS) is 28.3. The fourth-order valence-corrected chi connectivity index (χ4v) is 2.13. The molecule has 2 heteroatoms. The van der Waals surface area contributed by atoms with Crippen LogP contribution >= 0.6 is 0 Å². The molecule has 14 heavy (non-hydrogen) atoms. The quantitative estimate of drug-likeness (QED) is 0.735. The van der Waals surface area contributed by atoms with E-state index in [-0.39, 0.29) is 0 Å². The highest BCUT2D eigenvalue weighted by atomic mass is 16.5. The molecule has 2 atom stereocenters. The Balaban J connectivity index is 2.11. The highest BCUT2D eigenvalue weighted by Crippen LogP contribution is 2.20. The second-order valence-corrected chi connectivity index (χ2v) is 4.66. The first-order valence-corrected chi connectivity index (χ1v) is 6.07. The van der Waals surface area contributed by atoms with Crippen LogP contribution < -0.4 is 5.32 Å². The Morgan fingerprint density at radius 3 is 2.86 bits per heavy atom. The Morgan fingerprint density at radius 1 is 1.43 bits per heavy atom. The Hall–Kier alpha value is -0.0800. The zero-order valence-electron chi connectivity index (χ0n) is 9.88. The molecule has 1 fully saturated rings. The Labute approximate surface area is 88.4 Å². The van der Waals surface area contributed by atoms with Crippen molar-refractivity contribution in [3.63, 3.8) is 0 Å². The second kappa shape index (κ2) is 6.41. The molecule has 0 bridgehead atoms. The van der Waals surface area contributed by atoms with Gasteiger partial charge in [0.05, 0.1) is 6.10 Å². The van der Waals surface area contributed by atoms with Crippen molar-refractivity contribution in [3.8, 4) is 0 Å². The summed E-state index contributed by atoms with van der Waals surface area (Å²) in [5.41, 5.74) is 0. The molecule has 1 aliphatic heterocycles. The summed E-state index contributed by atoms with van der Waals surface area (Å²) < 4.78 is 5.57. The summed E-state index contributed by atoms with van der Waals surface area (Å²) in [6.45, 7) is 8.61. The van der Waals surface area contributed by atoms with Gasteiger partial charge >= 0.3 is 0 Å². The predicted octanol–water partition coefficient (Wildman–Crippen LogP) is 2.58. The molecule has 0 aliphatic carbocycles. The predicted molar refractivity (Wildman–Crippen MR) is 60.5 cm³/mol. The summed E-state index contributed by atoms with van der Waals surface area (Å²) in [6.07, 6.45) is 5.59. The third kappa shape index (κ3) is 4.43. The standard InChI is InChI=1S/C12H25NO/c1-4-11-5-7-13-12(9-11)6-8-14-10(2)3/h10-13H,4-9H2,1-3H3. The van der Waals surface area contributed by atoms with Crippen LogP contribution in [0, 0.1) is 5.92 Å².